The van der Waals surface area contributed by atoms with Gasteiger partial charge >= 0.3 is 5.97 Å². The maximum atomic E-state index is 11.7. The molecule has 0 unspecified atom stereocenters. The molecule has 0 aliphatic rings. The summed E-state index contributed by atoms with van der Waals surface area (Å²) in [6.45, 7) is 11.2. The number of halogens is 1. The molecule has 0 aliphatic heterocycles. The topological polar surface area (TPSA) is 59.3 Å². The van der Waals surface area contributed by atoms with Gasteiger partial charge in [0.05, 0.1) is 22.7 Å². The number of carbonyl (C=O) groups is 1. The lowest BCUT2D eigenvalue weighted by Crippen LogP contribution is -2.50. The molecule has 192 valence electrons. The third kappa shape index (κ3) is 7.00. The summed E-state index contributed by atoms with van der Waals surface area (Å²) in [6.07, 6.45) is 3.18. The van der Waals surface area contributed by atoms with Gasteiger partial charge in [-0.2, -0.15) is 5.26 Å². The molecule has 0 heterocycles. The molecule has 6 heteroatoms. The van der Waals surface area contributed by atoms with E-state index >= 15 is 0 Å². The normalized spacial score (nSPS) is 11.6. The molecule has 3 rings (SSSR count). The van der Waals surface area contributed by atoms with Crippen molar-refractivity contribution in [1.29, 1.82) is 5.26 Å². The molecule has 3 aromatic carbocycles. The van der Waals surface area contributed by atoms with E-state index in [1.54, 1.807) is 13.0 Å². The van der Waals surface area contributed by atoms with Crippen LogP contribution in [0.5, 0.6) is 5.75 Å². The predicted molar refractivity (Wildman–Crippen MR) is 157 cm³/mol. The van der Waals surface area contributed by atoms with Crippen LogP contribution in [-0.2, 0) is 15.6 Å². The number of ether oxygens (including phenoxy) is 1. The van der Waals surface area contributed by atoms with Crippen molar-refractivity contribution < 1.29 is 14.0 Å². The fraction of sp³-hybridized carbons (Fsp3) is 0.290. The van der Waals surface area contributed by atoms with Crippen molar-refractivity contribution in [2.24, 2.45) is 0 Å². The third-order valence-electron chi connectivity index (χ3n) is 6.70. The molecule has 0 radical (unpaired) electrons. The highest BCUT2D eigenvalue weighted by molar-refractivity contribution is 9.10. The summed E-state index contributed by atoms with van der Waals surface area (Å²) in [5, 5.41) is 9.48. The predicted octanol–water partition coefficient (Wildman–Crippen LogP) is 8.49. The Morgan fingerprint density at radius 1 is 1.03 bits per heavy atom. The maximum absolute atomic E-state index is 11.7. The van der Waals surface area contributed by atoms with Crippen LogP contribution in [0.4, 0.5) is 0 Å². The van der Waals surface area contributed by atoms with E-state index < -0.39 is 8.32 Å². The van der Waals surface area contributed by atoms with Crippen molar-refractivity contribution in [2.45, 2.75) is 51.7 Å². The summed E-state index contributed by atoms with van der Waals surface area (Å²) in [6, 6.07) is 25.3. The molecule has 0 fully saturated rings. The van der Waals surface area contributed by atoms with Crippen LogP contribution in [0.25, 0.3) is 17.2 Å². The molecule has 37 heavy (non-hydrogen) atoms. The largest absolute Gasteiger partial charge is 0.542 e. The Kier molecular flexibility index (Phi) is 9.91. The van der Waals surface area contributed by atoms with E-state index in [1.807, 2.05) is 42.5 Å². The summed E-state index contributed by atoms with van der Waals surface area (Å²) in [5.41, 5.74) is 5.54. The lowest BCUT2D eigenvalue weighted by molar-refractivity contribution is -0.137. The van der Waals surface area contributed by atoms with Gasteiger partial charge in [0.25, 0.3) is 8.32 Å². The van der Waals surface area contributed by atoms with E-state index in [-0.39, 0.29) is 5.97 Å². The molecule has 0 aromatic heterocycles. The first kappa shape index (κ1) is 28.4. The van der Waals surface area contributed by atoms with Gasteiger partial charge in [-0.05, 0) is 80.5 Å². The van der Waals surface area contributed by atoms with Crippen LogP contribution in [0, 0.1) is 11.3 Å². The number of nitriles is 1. The van der Waals surface area contributed by atoms with Crippen molar-refractivity contribution in [3.8, 4) is 22.9 Å². The minimum atomic E-state index is -2.32. The van der Waals surface area contributed by atoms with Gasteiger partial charge in [0, 0.05) is 12.1 Å². The Labute approximate surface area is 230 Å². The van der Waals surface area contributed by atoms with Crippen molar-refractivity contribution in [3.63, 3.8) is 0 Å². The Morgan fingerprint density at radius 3 is 2.30 bits per heavy atom. The van der Waals surface area contributed by atoms with Crippen LogP contribution in [0.15, 0.2) is 77.3 Å². The summed E-state index contributed by atoms with van der Waals surface area (Å²) < 4.78 is 12.8. The average molecular weight is 577 g/mol. The van der Waals surface area contributed by atoms with E-state index in [1.165, 1.54) is 11.6 Å². The molecular weight excluding hydrogens is 542 g/mol. The van der Waals surface area contributed by atoms with Crippen LogP contribution < -0.4 is 4.43 Å². The molecule has 3 aromatic rings. The second-order valence-corrected chi connectivity index (χ2v) is 15.3. The number of rotatable bonds is 10. The number of hydrogen-bond acceptors (Lipinski definition) is 4. The number of nitrogens with zero attached hydrogens (tertiary/aromatic N) is 1. The van der Waals surface area contributed by atoms with Crippen molar-refractivity contribution in [1.82, 2.24) is 0 Å². The minimum Gasteiger partial charge on any atom is -0.542 e. The third-order valence-corrected chi connectivity index (χ3v) is 12.8. The molecule has 0 N–H and O–H groups in total. The fourth-order valence-corrected chi connectivity index (χ4v) is 9.34. The first-order chi connectivity index (χ1) is 17.7. The highest BCUT2D eigenvalue weighted by Crippen LogP contribution is 2.40. The standard InChI is InChI=1S/C31H34BrNO3Si/c1-6-35-31(34)18-14-24-13-17-30(29(32)19-24)36-37(22(2)3,23(4)5)21-25-11-15-26(16-12-25)28-10-8-7-9-27(28)20-33/h7-19,22-23H,6,21H2,1-5H3/b18-14+. The molecule has 0 spiro atoms. The molecule has 0 saturated carbocycles. The van der Waals surface area contributed by atoms with E-state index in [9.17, 15) is 10.1 Å². The lowest BCUT2D eigenvalue weighted by Gasteiger charge is -2.39. The van der Waals surface area contributed by atoms with Crippen molar-refractivity contribution >= 4 is 36.3 Å². The number of carbonyl (C=O) groups excluding carboxylic acids is 1. The second kappa shape index (κ2) is 12.9. The highest BCUT2D eigenvalue weighted by atomic mass is 79.9. The zero-order chi connectivity index (χ0) is 27.0. The zero-order valence-corrected chi connectivity index (χ0v) is 24.7. The SMILES string of the molecule is CCOC(=O)/C=C/c1ccc(O[Si](Cc2ccc(-c3ccccc3C#N)cc2)(C(C)C)C(C)C)c(Br)c1. The van der Waals surface area contributed by atoms with E-state index in [4.69, 9.17) is 9.16 Å². The van der Waals surface area contributed by atoms with Gasteiger partial charge in [-0.3, -0.25) is 0 Å². The molecule has 0 bridgehead atoms. The molecular formula is C31H34BrNO3Si. The zero-order valence-electron chi connectivity index (χ0n) is 22.1. The average Bonchev–Trinajstić information content (AvgIpc) is 2.88. The maximum Gasteiger partial charge on any atom is 0.330 e. The highest BCUT2D eigenvalue weighted by Gasteiger charge is 2.44. The van der Waals surface area contributed by atoms with Crippen LogP contribution in [-0.4, -0.2) is 20.9 Å². The van der Waals surface area contributed by atoms with Gasteiger partial charge in [0.1, 0.15) is 5.75 Å². The van der Waals surface area contributed by atoms with Crippen LogP contribution >= 0.6 is 15.9 Å². The van der Waals surface area contributed by atoms with E-state index in [0.29, 0.717) is 23.3 Å². The van der Waals surface area contributed by atoms with Crippen LogP contribution in [0.1, 0.15) is 51.3 Å². The molecule has 0 saturated heterocycles. The van der Waals surface area contributed by atoms with Crippen molar-refractivity contribution in [2.75, 3.05) is 6.61 Å². The van der Waals surface area contributed by atoms with Crippen LogP contribution in [0.2, 0.25) is 11.1 Å². The summed E-state index contributed by atoms with van der Waals surface area (Å²) in [7, 11) is -2.32. The lowest BCUT2D eigenvalue weighted by atomic mass is 10.00. The Morgan fingerprint density at radius 2 is 1.70 bits per heavy atom. The molecule has 0 amide bonds. The van der Waals surface area contributed by atoms with E-state index in [2.05, 4.69) is 74.0 Å². The monoisotopic (exact) mass is 575 g/mol. The van der Waals surface area contributed by atoms with Gasteiger partial charge < -0.3 is 9.16 Å². The number of hydrogen-bond donors (Lipinski definition) is 0. The Bertz CT molecular complexity index is 1280. The van der Waals surface area contributed by atoms with Gasteiger partial charge in [0.2, 0.25) is 0 Å². The van der Waals surface area contributed by atoms with E-state index in [0.717, 1.165) is 33.0 Å². The van der Waals surface area contributed by atoms with Gasteiger partial charge in [-0.15, -0.1) is 0 Å². The van der Waals surface area contributed by atoms with Gasteiger partial charge in [-0.25, -0.2) is 4.79 Å². The minimum absolute atomic E-state index is 0.354. The molecule has 0 aliphatic carbocycles. The Balaban J connectivity index is 1.87. The van der Waals surface area contributed by atoms with Crippen LogP contribution in [0.3, 0.4) is 0 Å². The first-order valence-corrected chi connectivity index (χ1v) is 15.7. The number of benzene rings is 3. The van der Waals surface area contributed by atoms with Gasteiger partial charge in [0.15, 0.2) is 0 Å². The fourth-order valence-electron chi connectivity index (χ4n) is 4.56. The molecule has 0 atom stereocenters. The van der Waals surface area contributed by atoms with Gasteiger partial charge in [-0.1, -0.05) is 76.2 Å². The summed E-state index contributed by atoms with van der Waals surface area (Å²) in [5.74, 6) is 0.467. The Hall–Kier alpha value is -3.14. The molecule has 4 nitrogen and oxygen atoms in total. The summed E-state index contributed by atoms with van der Waals surface area (Å²) in [4.78, 5) is 11.7. The summed E-state index contributed by atoms with van der Waals surface area (Å²) >= 11 is 3.69. The smallest absolute Gasteiger partial charge is 0.330 e. The van der Waals surface area contributed by atoms with Crippen molar-refractivity contribution in [3.05, 3.63) is 94.0 Å². The second-order valence-electron chi connectivity index (χ2n) is 9.67. The quantitative estimate of drug-likeness (QED) is 0.138. The first-order valence-electron chi connectivity index (χ1n) is 12.6. The number of esters is 1.